The van der Waals surface area contributed by atoms with E-state index in [4.69, 9.17) is 0 Å². The van der Waals surface area contributed by atoms with Crippen LogP contribution >= 0.6 is 0 Å². The predicted molar refractivity (Wildman–Crippen MR) is 118 cm³/mol. The van der Waals surface area contributed by atoms with E-state index in [1.165, 1.54) is 44.9 Å². The summed E-state index contributed by atoms with van der Waals surface area (Å²) < 4.78 is 0. The van der Waals surface area contributed by atoms with Crippen molar-refractivity contribution < 1.29 is 0 Å². The monoisotopic (exact) mass is 372 g/mol. The Morgan fingerprint density at radius 3 is 2.26 bits per heavy atom. The molecular formula is C27H48. The third-order valence-electron chi connectivity index (χ3n) is 11.3. The van der Waals surface area contributed by atoms with E-state index >= 15 is 0 Å². The van der Waals surface area contributed by atoms with E-state index < -0.39 is 0 Å². The Labute approximate surface area is 170 Å². The molecule has 0 heteroatoms. The molecule has 156 valence electrons. The minimum absolute atomic E-state index is 0.657. The number of rotatable bonds is 4. The zero-order valence-corrected chi connectivity index (χ0v) is 19.4. The molecule has 4 fully saturated rings. The highest BCUT2D eigenvalue weighted by Gasteiger charge is 2.61. The molecule has 0 spiro atoms. The molecule has 0 aromatic rings. The SMILES string of the molecule is CCC[C@@]1(C)CCC2(C)C(CCC3C2CCC2(C)C3CC[C@@H]2C(C)CC)C1. The first kappa shape index (κ1) is 20.3. The van der Waals surface area contributed by atoms with Gasteiger partial charge in [0.15, 0.2) is 0 Å². The van der Waals surface area contributed by atoms with Crippen molar-refractivity contribution in [3.05, 3.63) is 0 Å². The van der Waals surface area contributed by atoms with E-state index in [1.54, 1.807) is 32.1 Å². The van der Waals surface area contributed by atoms with Crippen LogP contribution in [0.4, 0.5) is 0 Å². The van der Waals surface area contributed by atoms with Crippen LogP contribution in [0.2, 0.25) is 0 Å². The van der Waals surface area contributed by atoms with Crippen LogP contribution < -0.4 is 0 Å². The van der Waals surface area contributed by atoms with E-state index in [9.17, 15) is 0 Å². The topological polar surface area (TPSA) is 0 Å². The summed E-state index contributed by atoms with van der Waals surface area (Å²) in [6.45, 7) is 15.5. The van der Waals surface area contributed by atoms with Crippen LogP contribution in [-0.2, 0) is 0 Å². The van der Waals surface area contributed by atoms with Gasteiger partial charge in [0.25, 0.3) is 0 Å². The van der Waals surface area contributed by atoms with Gasteiger partial charge in [0, 0.05) is 0 Å². The second kappa shape index (κ2) is 7.05. The molecule has 0 heterocycles. The summed E-state index contributed by atoms with van der Waals surface area (Å²) >= 11 is 0. The molecule has 0 amide bonds. The molecule has 0 aromatic carbocycles. The average molecular weight is 373 g/mol. The van der Waals surface area contributed by atoms with Crippen molar-refractivity contribution >= 4 is 0 Å². The zero-order chi connectivity index (χ0) is 19.4. The van der Waals surface area contributed by atoms with Crippen molar-refractivity contribution in [1.29, 1.82) is 0 Å². The largest absolute Gasteiger partial charge is 0.0654 e. The number of hydrogen-bond acceptors (Lipinski definition) is 0. The van der Waals surface area contributed by atoms with Gasteiger partial charge in [0.2, 0.25) is 0 Å². The standard InChI is InChI=1S/C27H48/c1-7-14-25(4)16-17-26(5)20(18-25)9-10-21-23-12-11-22(19(3)8-2)27(23,6)15-13-24(21)26/h19-24H,7-18H2,1-6H3/t19?,20?,21?,22-,23?,24?,25+,26?,27?/m1/s1. The first-order chi connectivity index (χ1) is 12.8. The molecule has 4 rings (SSSR count). The zero-order valence-electron chi connectivity index (χ0n) is 19.4. The second-order valence-electron chi connectivity index (χ2n) is 12.5. The Hall–Kier alpha value is 0. The summed E-state index contributed by atoms with van der Waals surface area (Å²) in [5, 5.41) is 0. The highest BCUT2D eigenvalue weighted by molar-refractivity contribution is 5.10. The Kier molecular flexibility index (Phi) is 5.30. The Bertz CT molecular complexity index is 536. The van der Waals surface area contributed by atoms with Crippen LogP contribution in [0.15, 0.2) is 0 Å². The maximum absolute atomic E-state index is 2.75. The van der Waals surface area contributed by atoms with Crippen LogP contribution in [0.25, 0.3) is 0 Å². The molecule has 4 aliphatic carbocycles. The average Bonchev–Trinajstić information content (AvgIpc) is 2.99. The van der Waals surface area contributed by atoms with Gasteiger partial charge in [-0.1, -0.05) is 54.4 Å². The maximum Gasteiger partial charge on any atom is -0.0264 e. The minimum Gasteiger partial charge on any atom is -0.0654 e. The summed E-state index contributed by atoms with van der Waals surface area (Å²) in [5.74, 6) is 6.15. The van der Waals surface area contributed by atoms with E-state index in [0.29, 0.717) is 16.2 Å². The first-order valence-corrected chi connectivity index (χ1v) is 12.8. The Morgan fingerprint density at radius 1 is 0.815 bits per heavy atom. The quantitative estimate of drug-likeness (QED) is 0.464. The summed E-state index contributed by atoms with van der Waals surface area (Å²) in [6, 6.07) is 0. The van der Waals surface area contributed by atoms with Gasteiger partial charge in [0.05, 0.1) is 0 Å². The van der Waals surface area contributed by atoms with Crippen molar-refractivity contribution in [2.24, 2.45) is 51.8 Å². The highest BCUT2D eigenvalue weighted by Crippen LogP contribution is 2.69. The molecule has 0 bridgehead atoms. The molecule has 0 aromatic heterocycles. The van der Waals surface area contributed by atoms with Crippen molar-refractivity contribution in [2.45, 2.75) is 119 Å². The lowest BCUT2D eigenvalue weighted by Gasteiger charge is -2.62. The van der Waals surface area contributed by atoms with Gasteiger partial charge >= 0.3 is 0 Å². The second-order valence-corrected chi connectivity index (χ2v) is 12.5. The fraction of sp³-hybridized carbons (Fsp3) is 1.00. The lowest BCUT2D eigenvalue weighted by atomic mass is 9.42. The van der Waals surface area contributed by atoms with Gasteiger partial charge in [-0.05, 0) is 116 Å². The van der Waals surface area contributed by atoms with Crippen LogP contribution in [-0.4, -0.2) is 0 Å². The van der Waals surface area contributed by atoms with Crippen LogP contribution in [0.5, 0.6) is 0 Å². The smallest absolute Gasteiger partial charge is 0.0264 e. The molecule has 0 nitrogen and oxygen atoms in total. The normalized spacial score (nSPS) is 53.3. The Morgan fingerprint density at radius 2 is 1.56 bits per heavy atom. The van der Waals surface area contributed by atoms with Crippen LogP contribution in [0.3, 0.4) is 0 Å². The fourth-order valence-corrected chi connectivity index (χ4v) is 9.62. The van der Waals surface area contributed by atoms with Gasteiger partial charge in [0.1, 0.15) is 0 Å². The predicted octanol–water partition coefficient (Wildman–Crippen LogP) is 8.50. The van der Waals surface area contributed by atoms with E-state index in [2.05, 4.69) is 41.5 Å². The third kappa shape index (κ3) is 3.06. The fourth-order valence-electron chi connectivity index (χ4n) is 9.62. The molecule has 0 radical (unpaired) electrons. The maximum atomic E-state index is 2.75. The molecule has 4 saturated carbocycles. The van der Waals surface area contributed by atoms with E-state index in [-0.39, 0.29) is 0 Å². The minimum atomic E-state index is 0.657. The molecule has 27 heavy (non-hydrogen) atoms. The van der Waals surface area contributed by atoms with Gasteiger partial charge in [-0.25, -0.2) is 0 Å². The molecule has 0 N–H and O–H groups in total. The summed E-state index contributed by atoms with van der Waals surface area (Å²) in [5.41, 5.74) is 2.00. The first-order valence-electron chi connectivity index (χ1n) is 12.8. The highest BCUT2D eigenvalue weighted by atomic mass is 14.7. The molecular weight excluding hydrogens is 324 g/mol. The third-order valence-corrected chi connectivity index (χ3v) is 11.3. The van der Waals surface area contributed by atoms with Gasteiger partial charge in [-0.3, -0.25) is 0 Å². The van der Waals surface area contributed by atoms with Crippen molar-refractivity contribution in [3.8, 4) is 0 Å². The molecule has 9 atom stereocenters. The Balaban J connectivity index is 1.54. The van der Waals surface area contributed by atoms with Crippen LogP contribution in [0.1, 0.15) is 119 Å². The molecule has 0 aliphatic heterocycles. The van der Waals surface area contributed by atoms with E-state index in [1.807, 2.05) is 0 Å². The van der Waals surface area contributed by atoms with Crippen LogP contribution in [0, 0.1) is 51.8 Å². The number of hydrogen-bond donors (Lipinski definition) is 0. The summed E-state index contributed by atoms with van der Waals surface area (Å²) in [7, 11) is 0. The van der Waals surface area contributed by atoms with Crippen molar-refractivity contribution in [1.82, 2.24) is 0 Å². The lowest BCUT2D eigenvalue weighted by molar-refractivity contribution is -0.132. The molecule has 0 saturated heterocycles. The van der Waals surface area contributed by atoms with Gasteiger partial charge in [-0.2, -0.15) is 0 Å². The van der Waals surface area contributed by atoms with Crippen molar-refractivity contribution in [2.75, 3.05) is 0 Å². The summed E-state index contributed by atoms with van der Waals surface area (Å²) in [6.07, 6.45) is 18.1. The number of fused-ring (bicyclic) bond motifs is 5. The molecule has 7 unspecified atom stereocenters. The van der Waals surface area contributed by atoms with E-state index in [0.717, 1.165) is 35.5 Å². The van der Waals surface area contributed by atoms with Gasteiger partial charge < -0.3 is 0 Å². The molecule has 4 aliphatic rings. The van der Waals surface area contributed by atoms with Gasteiger partial charge in [-0.15, -0.1) is 0 Å². The lowest BCUT2D eigenvalue weighted by Crippen LogP contribution is -2.54. The van der Waals surface area contributed by atoms with Crippen molar-refractivity contribution in [3.63, 3.8) is 0 Å². The summed E-state index contributed by atoms with van der Waals surface area (Å²) in [4.78, 5) is 0.